The van der Waals surface area contributed by atoms with Crippen LogP contribution in [0.1, 0.15) is 23.2 Å². The molecule has 4 aromatic rings. The molecule has 3 aromatic carbocycles. The Hall–Kier alpha value is -3.07. The summed E-state index contributed by atoms with van der Waals surface area (Å²) >= 11 is 1.45. The molecule has 0 atom stereocenters. The first-order valence-electron chi connectivity index (χ1n) is 10.5. The summed E-state index contributed by atoms with van der Waals surface area (Å²) in [6.45, 7) is 1.10. The highest BCUT2D eigenvalue weighted by Gasteiger charge is 2.28. The molecule has 1 N–H and O–H groups in total. The molecule has 6 nitrogen and oxygen atoms in total. The van der Waals surface area contributed by atoms with Gasteiger partial charge in [-0.1, -0.05) is 47.7 Å². The highest BCUT2D eigenvalue weighted by atomic mass is 32.2. The van der Waals surface area contributed by atoms with Crippen LogP contribution in [0, 0.1) is 0 Å². The van der Waals surface area contributed by atoms with Crippen molar-refractivity contribution in [3.8, 4) is 21.7 Å². The van der Waals surface area contributed by atoms with Gasteiger partial charge >= 0.3 is 0 Å². The van der Waals surface area contributed by atoms with Crippen LogP contribution >= 0.6 is 11.3 Å². The van der Waals surface area contributed by atoms with Crippen molar-refractivity contribution in [1.82, 2.24) is 9.29 Å². The number of carbonyl (C=O) groups excluding carboxylic acids is 1. The van der Waals surface area contributed by atoms with Crippen LogP contribution in [0.2, 0.25) is 0 Å². The van der Waals surface area contributed by atoms with Crippen molar-refractivity contribution in [2.75, 3.05) is 18.4 Å². The first-order valence-corrected chi connectivity index (χ1v) is 12.7. The molecule has 1 aromatic heterocycles. The van der Waals surface area contributed by atoms with Crippen molar-refractivity contribution in [1.29, 1.82) is 0 Å². The fourth-order valence-electron chi connectivity index (χ4n) is 4.49. The van der Waals surface area contributed by atoms with Crippen LogP contribution in [0.4, 0.5) is 5.13 Å². The van der Waals surface area contributed by atoms with Gasteiger partial charge in [-0.2, -0.15) is 4.31 Å². The molecule has 0 spiro atoms. The van der Waals surface area contributed by atoms with Crippen LogP contribution in [0.5, 0.6) is 0 Å². The monoisotopic (exact) mass is 461 g/mol. The van der Waals surface area contributed by atoms with Gasteiger partial charge in [-0.15, -0.1) is 0 Å². The minimum atomic E-state index is -3.49. The lowest BCUT2D eigenvalue weighted by molar-refractivity contribution is 0.102. The molecule has 32 heavy (non-hydrogen) atoms. The van der Waals surface area contributed by atoms with E-state index in [1.165, 1.54) is 38.5 Å². The summed E-state index contributed by atoms with van der Waals surface area (Å²) in [5.74, 6) is -0.311. The number of aromatic nitrogens is 1. The third kappa shape index (κ3) is 2.98. The molecule has 0 unspecified atom stereocenters. The minimum Gasteiger partial charge on any atom is -0.298 e. The van der Waals surface area contributed by atoms with Crippen LogP contribution in [-0.2, 0) is 10.0 Å². The molecule has 0 saturated carbocycles. The Morgan fingerprint density at radius 1 is 0.938 bits per heavy atom. The topological polar surface area (TPSA) is 79.4 Å². The Kier molecular flexibility index (Phi) is 4.43. The number of anilines is 1. The number of rotatable bonds is 4. The van der Waals surface area contributed by atoms with E-state index in [4.69, 9.17) is 0 Å². The zero-order valence-corrected chi connectivity index (χ0v) is 18.7. The number of nitrogens with zero attached hydrogens (tertiary/aromatic N) is 2. The molecule has 0 radical (unpaired) electrons. The molecule has 160 valence electrons. The fraction of sp³-hybridized carbons (Fsp3) is 0.167. The predicted octanol–water partition coefficient (Wildman–Crippen LogP) is 4.98. The van der Waals surface area contributed by atoms with Gasteiger partial charge in [0, 0.05) is 29.8 Å². The van der Waals surface area contributed by atoms with Crippen molar-refractivity contribution >= 4 is 43.2 Å². The van der Waals surface area contributed by atoms with Crippen molar-refractivity contribution in [2.24, 2.45) is 0 Å². The lowest BCUT2D eigenvalue weighted by Gasteiger charge is -2.15. The first kappa shape index (κ1) is 19.6. The SMILES string of the molecule is O=C(Nc1nc2c(s1)-c1cccc3cccc-2c13)c1ccc(S(=O)(=O)N2CCCC2)cc1. The zero-order valence-electron chi connectivity index (χ0n) is 17.0. The molecule has 1 amide bonds. The number of benzene rings is 3. The third-order valence-electron chi connectivity index (χ3n) is 6.07. The number of sulfonamides is 1. The molecule has 1 aliphatic carbocycles. The predicted molar refractivity (Wildman–Crippen MR) is 126 cm³/mol. The molecule has 6 rings (SSSR count). The maximum Gasteiger partial charge on any atom is 0.257 e. The number of hydrogen-bond donors (Lipinski definition) is 1. The smallest absolute Gasteiger partial charge is 0.257 e. The Bertz CT molecular complexity index is 1430. The molecule has 2 heterocycles. The molecule has 8 heteroatoms. The highest BCUT2D eigenvalue weighted by molar-refractivity contribution is 7.89. The van der Waals surface area contributed by atoms with E-state index in [9.17, 15) is 13.2 Å². The number of nitrogens with one attached hydrogen (secondary N) is 1. The van der Waals surface area contributed by atoms with E-state index >= 15 is 0 Å². The normalized spacial score (nSPS) is 15.2. The summed E-state index contributed by atoms with van der Waals surface area (Å²) in [6.07, 6.45) is 1.77. The van der Waals surface area contributed by atoms with E-state index in [1.807, 2.05) is 12.1 Å². The Morgan fingerprint density at radius 2 is 1.62 bits per heavy atom. The second-order valence-electron chi connectivity index (χ2n) is 8.00. The van der Waals surface area contributed by atoms with Gasteiger partial charge in [0.2, 0.25) is 10.0 Å². The second kappa shape index (κ2) is 7.23. The Labute approximate surface area is 189 Å². The summed E-state index contributed by atoms with van der Waals surface area (Å²) in [5, 5.41) is 5.79. The van der Waals surface area contributed by atoms with E-state index in [1.54, 1.807) is 12.1 Å². The summed E-state index contributed by atoms with van der Waals surface area (Å²) < 4.78 is 26.9. The summed E-state index contributed by atoms with van der Waals surface area (Å²) in [5.41, 5.74) is 3.51. The molecular weight excluding hydrogens is 442 g/mol. The second-order valence-corrected chi connectivity index (χ2v) is 10.9. The number of fused-ring (bicyclic) bond motifs is 3. The molecular formula is C24H19N3O3S2. The maximum atomic E-state index is 12.8. The van der Waals surface area contributed by atoms with Crippen LogP contribution in [-0.4, -0.2) is 36.7 Å². The van der Waals surface area contributed by atoms with Crippen molar-refractivity contribution in [2.45, 2.75) is 17.7 Å². The molecule has 1 aliphatic heterocycles. The Balaban J connectivity index is 1.25. The maximum absolute atomic E-state index is 12.8. The van der Waals surface area contributed by atoms with Gasteiger partial charge in [-0.25, -0.2) is 13.4 Å². The molecule has 0 bridgehead atoms. The third-order valence-corrected chi connectivity index (χ3v) is 8.99. The number of thiazole rings is 1. The van der Waals surface area contributed by atoms with Crippen LogP contribution in [0.25, 0.3) is 32.5 Å². The van der Waals surface area contributed by atoms with Crippen molar-refractivity contribution in [3.05, 3.63) is 66.2 Å². The number of amides is 1. The van der Waals surface area contributed by atoms with E-state index in [0.717, 1.165) is 34.5 Å². The van der Waals surface area contributed by atoms with E-state index in [2.05, 4.69) is 34.6 Å². The highest BCUT2D eigenvalue weighted by Crippen LogP contribution is 2.50. The van der Waals surface area contributed by atoms with E-state index in [-0.39, 0.29) is 10.8 Å². The van der Waals surface area contributed by atoms with Gasteiger partial charge in [0.05, 0.1) is 15.5 Å². The summed E-state index contributed by atoms with van der Waals surface area (Å²) in [7, 11) is -3.49. The average molecular weight is 462 g/mol. The number of carbonyl (C=O) groups is 1. The van der Waals surface area contributed by atoms with Gasteiger partial charge in [0.25, 0.3) is 5.91 Å². The van der Waals surface area contributed by atoms with Gasteiger partial charge in [0.15, 0.2) is 5.13 Å². The van der Waals surface area contributed by atoms with E-state index < -0.39 is 10.0 Å². The van der Waals surface area contributed by atoms with E-state index in [0.29, 0.717) is 23.8 Å². The molecule has 1 saturated heterocycles. The van der Waals surface area contributed by atoms with Gasteiger partial charge < -0.3 is 0 Å². The largest absolute Gasteiger partial charge is 0.298 e. The fourth-order valence-corrected chi connectivity index (χ4v) is 7.01. The van der Waals surface area contributed by atoms with Crippen LogP contribution in [0.3, 0.4) is 0 Å². The van der Waals surface area contributed by atoms with Gasteiger partial charge in [-0.05, 0) is 47.9 Å². The van der Waals surface area contributed by atoms with Crippen LogP contribution in [0.15, 0.2) is 65.6 Å². The quantitative estimate of drug-likeness (QED) is 0.409. The first-order chi connectivity index (χ1) is 15.5. The standard InChI is InChI=1S/C24H19N3O3S2/c28-23(16-9-11-17(12-10-16)32(29,30)27-13-1-2-14-27)26-24-25-21-18-7-3-5-15-6-4-8-19(20(15)18)22(21)31-24/h3-12H,1-2,13-14H2,(H,25,26,28). The lowest BCUT2D eigenvalue weighted by Crippen LogP contribution is -2.27. The van der Waals surface area contributed by atoms with Crippen molar-refractivity contribution in [3.63, 3.8) is 0 Å². The Morgan fingerprint density at radius 3 is 2.34 bits per heavy atom. The van der Waals surface area contributed by atoms with Crippen LogP contribution < -0.4 is 5.32 Å². The lowest BCUT2D eigenvalue weighted by atomic mass is 10.0. The molecule has 1 fully saturated rings. The molecule has 2 aliphatic rings. The van der Waals surface area contributed by atoms with Gasteiger partial charge in [0.1, 0.15) is 0 Å². The zero-order chi connectivity index (χ0) is 21.9. The number of hydrogen-bond acceptors (Lipinski definition) is 5. The van der Waals surface area contributed by atoms with Crippen molar-refractivity contribution < 1.29 is 13.2 Å². The summed E-state index contributed by atoms with van der Waals surface area (Å²) in [6, 6.07) is 18.5. The average Bonchev–Trinajstić information content (AvgIpc) is 3.54. The minimum absolute atomic E-state index is 0.217. The summed E-state index contributed by atoms with van der Waals surface area (Å²) in [4.78, 5) is 18.8. The van der Waals surface area contributed by atoms with Gasteiger partial charge in [-0.3, -0.25) is 10.1 Å².